The average molecular weight is 775 g/mol. The van der Waals surface area contributed by atoms with Crippen molar-refractivity contribution in [3.8, 4) is 17.1 Å². The molecule has 0 bridgehead atoms. The molecule has 3 heterocycles. The highest BCUT2D eigenvalue weighted by molar-refractivity contribution is 8.00. The summed E-state index contributed by atoms with van der Waals surface area (Å²) in [4.78, 5) is 37.7. The smallest absolute Gasteiger partial charge is 0.348 e. The van der Waals surface area contributed by atoms with Crippen molar-refractivity contribution in [2.24, 2.45) is 24.8 Å². The number of unbranched alkanes of at least 4 members (excludes halogenated alkanes) is 1. The van der Waals surface area contributed by atoms with Crippen LogP contribution >= 0.6 is 11.8 Å². The van der Waals surface area contributed by atoms with E-state index in [9.17, 15) is 14.4 Å². The van der Waals surface area contributed by atoms with Crippen molar-refractivity contribution in [1.82, 2.24) is 15.2 Å². The molecule has 11 heteroatoms. The van der Waals surface area contributed by atoms with E-state index in [1.54, 1.807) is 0 Å². The van der Waals surface area contributed by atoms with Crippen molar-refractivity contribution in [1.29, 1.82) is 0 Å². The van der Waals surface area contributed by atoms with Gasteiger partial charge in [-0.25, -0.2) is 18.7 Å². The van der Waals surface area contributed by atoms with E-state index >= 15 is 0 Å². The second kappa shape index (κ2) is 15.6. The monoisotopic (exact) mass is 774 g/mol. The molecule has 2 aliphatic heterocycles. The Balaban J connectivity index is 0.00000433. The number of esters is 2. The lowest BCUT2D eigenvalue weighted by Crippen LogP contribution is -3.00. The number of urea groups is 1. The molecule has 6 rings (SSSR count). The van der Waals surface area contributed by atoms with Crippen molar-refractivity contribution in [2.75, 3.05) is 5.75 Å². The Morgan fingerprint density at radius 2 is 1.81 bits per heavy atom. The van der Waals surface area contributed by atoms with Crippen LogP contribution in [0.25, 0.3) is 22.4 Å². The summed E-state index contributed by atoms with van der Waals surface area (Å²) in [6.45, 7) is 6.81. The molecule has 3 aliphatic rings. The highest BCUT2D eigenvalue weighted by Crippen LogP contribution is 2.36. The first-order chi connectivity index (χ1) is 22.2. The third kappa shape index (κ3) is 8.09. The largest absolute Gasteiger partial charge is 1.00 e. The van der Waals surface area contributed by atoms with E-state index < -0.39 is 0 Å². The molecule has 2 N–H and O–H groups in total. The van der Waals surface area contributed by atoms with E-state index in [1.807, 2.05) is 65.8 Å². The average Bonchev–Trinajstić information content (AvgIpc) is 3.66. The maximum Gasteiger partial charge on any atom is 0.348 e. The van der Waals surface area contributed by atoms with E-state index in [0.29, 0.717) is 35.2 Å². The minimum Gasteiger partial charge on any atom is -1.00 e. The van der Waals surface area contributed by atoms with Gasteiger partial charge in [0, 0.05) is 17.4 Å². The van der Waals surface area contributed by atoms with Crippen LogP contribution in [0.15, 0.2) is 48.5 Å². The summed E-state index contributed by atoms with van der Waals surface area (Å²) in [5.41, 5.74) is 2.90. The van der Waals surface area contributed by atoms with Gasteiger partial charge in [0.25, 0.3) is 5.82 Å². The van der Waals surface area contributed by atoms with Crippen LogP contribution in [0.3, 0.4) is 0 Å². The number of fused-ring (bicyclic) bond motifs is 2. The summed E-state index contributed by atoms with van der Waals surface area (Å²) < 4.78 is 16.0. The molecule has 3 aromatic rings. The lowest BCUT2D eigenvalue weighted by Gasteiger charge is -2.36. The third-order valence-electron chi connectivity index (χ3n) is 10.0. The fourth-order valence-corrected chi connectivity index (χ4v) is 9.14. The first-order valence-corrected chi connectivity index (χ1v) is 17.9. The summed E-state index contributed by atoms with van der Waals surface area (Å²) in [5.74, 6) is 3.27. The number of carbonyl (C=O) groups excluding carboxylic acids is 3. The van der Waals surface area contributed by atoms with Gasteiger partial charge in [0.15, 0.2) is 17.6 Å². The zero-order valence-electron chi connectivity index (χ0n) is 27.7. The van der Waals surface area contributed by atoms with Crippen LogP contribution < -0.4 is 43.9 Å². The second-order valence-electron chi connectivity index (χ2n) is 13.7. The van der Waals surface area contributed by atoms with Crippen LogP contribution in [0.5, 0.6) is 5.75 Å². The van der Waals surface area contributed by atoms with Crippen molar-refractivity contribution < 1.29 is 52.4 Å². The van der Waals surface area contributed by atoms with Gasteiger partial charge < -0.3 is 44.1 Å². The Morgan fingerprint density at radius 1 is 1.04 bits per heavy atom. The van der Waals surface area contributed by atoms with E-state index in [4.69, 9.17) is 9.47 Å². The Labute approximate surface area is 298 Å². The van der Waals surface area contributed by atoms with E-state index in [1.165, 1.54) is 6.42 Å². The van der Waals surface area contributed by atoms with E-state index in [2.05, 4.69) is 42.0 Å². The van der Waals surface area contributed by atoms with Gasteiger partial charge in [-0.1, -0.05) is 45.7 Å². The maximum absolute atomic E-state index is 13.5. The number of ether oxygens (including phenoxy) is 2. The molecule has 0 spiro atoms. The number of para-hydroxylation sites is 2. The number of benzene rings is 2. The molecular weight excluding hydrogens is 727 g/mol. The first kappa shape index (κ1) is 35.5. The van der Waals surface area contributed by atoms with Gasteiger partial charge in [0.1, 0.15) is 11.9 Å². The number of nitrogens with one attached hydrogen (secondary N) is 2. The van der Waals surface area contributed by atoms with Gasteiger partial charge in [-0.2, -0.15) is 11.8 Å². The van der Waals surface area contributed by atoms with Crippen molar-refractivity contribution >= 4 is 40.8 Å². The van der Waals surface area contributed by atoms with Gasteiger partial charge >= 0.3 is 18.0 Å². The van der Waals surface area contributed by atoms with Crippen molar-refractivity contribution in [2.45, 2.75) is 95.7 Å². The van der Waals surface area contributed by atoms with E-state index in [-0.39, 0.29) is 66.7 Å². The molecule has 2 aromatic carbocycles. The number of thioether (sulfide) groups is 1. The molecule has 2 saturated heterocycles. The minimum atomic E-state index is -0.250. The van der Waals surface area contributed by atoms with Gasteiger partial charge in [0.05, 0.1) is 24.7 Å². The molecule has 47 heavy (non-hydrogen) atoms. The molecule has 2 unspecified atom stereocenters. The van der Waals surface area contributed by atoms with E-state index in [0.717, 1.165) is 60.3 Å². The molecule has 6 atom stereocenters. The Bertz CT molecular complexity index is 1580. The molecule has 1 aromatic heterocycles. The number of amides is 2. The van der Waals surface area contributed by atoms with Crippen LogP contribution in [0.4, 0.5) is 4.79 Å². The van der Waals surface area contributed by atoms with Crippen molar-refractivity contribution in [3.63, 3.8) is 0 Å². The number of imidazole rings is 1. The summed E-state index contributed by atoms with van der Waals surface area (Å²) in [6, 6.07) is 15.9. The molecule has 2 amide bonds. The predicted octanol–water partition coefficient (Wildman–Crippen LogP) is 2.77. The predicted molar refractivity (Wildman–Crippen MR) is 179 cm³/mol. The molecule has 0 radical (unpaired) electrons. The minimum absolute atomic E-state index is 0. The van der Waals surface area contributed by atoms with Crippen molar-refractivity contribution in [3.05, 3.63) is 48.5 Å². The first-order valence-electron chi connectivity index (χ1n) is 16.8. The van der Waals surface area contributed by atoms with Crippen LogP contribution in [0.1, 0.15) is 65.7 Å². The molecule has 254 valence electrons. The number of nitrogens with zero attached hydrogens (tertiary/aromatic N) is 2. The van der Waals surface area contributed by atoms with Crippen LogP contribution in [0, 0.1) is 17.8 Å². The van der Waals surface area contributed by atoms with Gasteiger partial charge in [-0.05, 0) is 79.8 Å². The Kier molecular flexibility index (Phi) is 11.8. The van der Waals surface area contributed by atoms with Gasteiger partial charge in [-0.15, -0.1) is 0 Å². The lowest BCUT2D eigenvalue weighted by molar-refractivity contribution is -0.634. The molecule has 9 nitrogen and oxygen atoms in total. The number of rotatable bonds is 11. The van der Waals surface area contributed by atoms with Crippen LogP contribution in [-0.2, 0) is 27.9 Å². The lowest BCUT2D eigenvalue weighted by atomic mass is 9.75. The highest BCUT2D eigenvalue weighted by Gasteiger charge is 2.42. The zero-order chi connectivity index (χ0) is 32.4. The standard InChI is InChI=1S/C36H46N4O5S.HI/c1-22(2)26-18-13-23(3)19-30(26)45-33(42)20-40-29-10-6-5-9-28(29)39(4)35(40)24-14-16-25(17-15-24)44-32(41)12-8-7-11-31-34-27(21-46-31)37-36(43)38-34;/h5-6,9-10,14-17,22-23,26-27,30-31,34H,7-8,11-13,18-21H2,1-4H3,(H-,37,38,43);1H/t23-,26+,27+,30?,31?,34+;/m1./s1. The normalized spacial score (nSPS) is 25.2. The molecule has 1 saturated carbocycles. The number of halogens is 1. The topological polar surface area (TPSA) is 103 Å². The molecule has 1 aliphatic carbocycles. The Morgan fingerprint density at radius 3 is 2.57 bits per heavy atom. The number of carbonyl (C=O) groups is 3. The number of aryl methyl sites for hydroxylation is 1. The van der Waals surface area contributed by atoms with Crippen LogP contribution in [-0.4, -0.2) is 51.7 Å². The number of hydrogen-bond donors (Lipinski definition) is 2. The number of aromatic nitrogens is 2. The Hall–Kier alpha value is -2.80. The summed E-state index contributed by atoms with van der Waals surface area (Å²) in [6.07, 6.45) is 6.12. The fraction of sp³-hybridized carbons (Fsp3) is 0.556. The van der Waals surface area contributed by atoms with Gasteiger partial charge in [-0.3, -0.25) is 4.79 Å². The quantitative estimate of drug-likeness (QED) is 0.0777. The summed E-state index contributed by atoms with van der Waals surface area (Å²) in [5, 5.41) is 6.38. The maximum atomic E-state index is 13.5. The zero-order valence-corrected chi connectivity index (χ0v) is 30.7. The summed E-state index contributed by atoms with van der Waals surface area (Å²) in [7, 11) is 2.01. The fourth-order valence-electron chi connectivity index (χ4n) is 7.59. The van der Waals surface area contributed by atoms with Gasteiger partial charge in [0.2, 0.25) is 0 Å². The molecule has 3 fully saturated rings. The molecular formula is C36H47IN4O5S. The summed E-state index contributed by atoms with van der Waals surface area (Å²) >= 11 is 1.89. The second-order valence-corrected chi connectivity index (χ2v) is 15.0. The number of hydrogen-bond acceptors (Lipinski definition) is 6. The third-order valence-corrected chi connectivity index (χ3v) is 11.5. The highest BCUT2D eigenvalue weighted by atomic mass is 127. The SMILES string of the molecule is CC(C)[C@@H]1CC[C@@H](C)CC1OC(=O)Cn1c(-c2ccc(OC(=O)CCCCC3SC[C@@H]4NC(=O)N[C@H]34)cc2)[n+](C)c2ccccc21.[I-]. The van der Waals surface area contributed by atoms with Crippen LogP contribution in [0.2, 0.25) is 0 Å².